The first-order valence-corrected chi connectivity index (χ1v) is 11.3. The summed E-state index contributed by atoms with van der Waals surface area (Å²) >= 11 is 0. The molecule has 1 unspecified atom stereocenters. The predicted octanol–water partition coefficient (Wildman–Crippen LogP) is 5.49. The molecule has 1 aliphatic carbocycles. The molecule has 23 heavy (non-hydrogen) atoms. The van der Waals surface area contributed by atoms with E-state index in [1.807, 2.05) is 0 Å². The van der Waals surface area contributed by atoms with Crippen molar-refractivity contribution in [3.05, 3.63) is 90.0 Å². The summed E-state index contributed by atoms with van der Waals surface area (Å²) in [5, 5.41) is 1.61. The van der Waals surface area contributed by atoms with E-state index in [1.54, 1.807) is 5.19 Å². The van der Waals surface area contributed by atoms with Crippen LogP contribution in [0.5, 0.6) is 0 Å². The van der Waals surface area contributed by atoms with E-state index in [4.69, 9.17) is 0 Å². The Kier molecular flexibility index (Phi) is 4.97. The van der Waals surface area contributed by atoms with Crippen LogP contribution in [0, 0.1) is 0 Å². The summed E-state index contributed by atoms with van der Waals surface area (Å²) in [5.74, 6) is 0. The van der Waals surface area contributed by atoms with Crippen LogP contribution in [0.15, 0.2) is 84.5 Å². The average molecular weight is 319 g/mol. The maximum Gasteiger partial charge on any atom is 0.0966 e. The number of hydrogen-bond donors (Lipinski definition) is 0. The summed E-state index contributed by atoms with van der Waals surface area (Å²) in [6, 6.07) is 24.7. The van der Waals surface area contributed by atoms with Gasteiger partial charge >= 0.3 is 0 Å². The van der Waals surface area contributed by atoms with Gasteiger partial charge in [0.25, 0.3) is 0 Å². The third kappa shape index (κ3) is 3.25. The van der Waals surface area contributed by atoms with E-state index >= 15 is 0 Å². The Morgan fingerprint density at radius 1 is 0.826 bits per heavy atom. The average Bonchev–Trinajstić information content (AvgIpc) is 3.07. The van der Waals surface area contributed by atoms with Gasteiger partial charge in [0.2, 0.25) is 0 Å². The van der Waals surface area contributed by atoms with Gasteiger partial charge < -0.3 is 0 Å². The van der Waals surface area contributed by atoms with Crippen molar-refractivity contribution in [3.8, 4) is 0 Å². The molecule has 0 heterocycles. The zero-order chi connectivity index (χ0) is 16.1. The van der Waals surface area contributed by atoms with Crippen LogP contribution in [0.1, 0.15) is 19.4 Å². The maximum absolute atomic E-state index is 2.55. The van der Waals surface area contributed by atoms with Gasteiger partial charge in [-0.15, -0.1) is 0 Å². The molecule has 0 saturated carbocycles. The summed E-state index contributed by atoms with van der Waals surface area (Å²) in [6.45, 7) is 4.78. The van der Waals surface area contributed by atoms with Crippen LogP contribution in [0.25, 0.3) is 0 Å². The fraction of sp³-hybridized carbons (Fsp3) is 0.273. The van der Waals surface area contributed by atoms with Gasteiger partial charge in [-0.25, -0.2) is 0 Å². The second kappa shape index (κ2) is 7.14. The van der Waals surface area contributed by atoms with Gasteiger partial charge in [-0.3, -0.25) is 0 Å². The number of rotatable bonds is 6. The lowest BCUT2D eigenvalue weighted by molar-refractivity contribution is 1.14. The molecule has 2 aromatic carbocycles. The van der Waals surface area contributed by atoms with Crippen LogP contribution >= 0.6 is 0 Å². The Morgan fingerprint density at radius 3 is 2.04 bits per heavy atom. The van der Waals surface area contributed by atoms with Gasteiger partial charge in [0.05, 0.1) is 8.07 Å². The molecule has 1 heteroatoms. The lowest BCUT2D eigenvalue weighted by atomic mass is 10.1. The third-order valence-electron chi connectivity index (χ3n) is 5.41. The van der Waals surface area contributed by atoms with Crippen LogP contribution in [0.3, 0.4) is 0 Å². The van der Waals surface area contributed by atoms with Crippen LogP contribution < -0.4 is 5.19 Å². The molecule has 0 saturated heterocycles. The van der Waals surface area contributed by atoms with Gasteiger partial charge in [0, 0.05) is 0 Å². The molecule has 0 aliphatic heterocycles. The highest BCUT2D eigenvalue weighted by molar-refractivity contribution is 6.93. The first-order valence-electron chi connectivity index (χ1n) is 8.77. The molecule has 0 spiro atoms. The van der Waals surface area contributed by atoms with E-state index < -0.39 is 8.07 Å². The molecule has 0 nitrogen and oxygen atoms in total. The van der Waals surface area contributed by atoms with Crippen molar-refractivity contribution < 1.29 is 0 Å². The monoisotopic (exact) mass is 318 g/mol. The lowest BCUT2D eigenvalue weighted by Gasteiger charge is -2.34. The van der Waals surface area contributed by atoms with E-state index in [1.165, 1.54) is 23.2 Å². The third-order valence-corrected chi connectivity index (χ3v) is 11.1. The summed E-state index contributed by atoms with van der Waals surface area (Å²) < 4.78 is 0. The van der Waals surface area contributed by atoms with E-state index in [2.05, 4.69) is 92.7 Å². The quantitative estimate of drug-likeness (QED) is 0.618. The zero-order valence-corrected chi connectivity index (χ0v) is 15.2. The van der Waals surface area contributed by atoms with E-state index in [9.17, 15) is 0 Å². The molecular formula is C22H26Si. The fourth-order valence-electron chi connectivity index (χ4n) is 3.95. The molecule has 0 fully saturated rings. The van der Waals surface area contributed by atoms with E-state index in [-0.39, 0.29) is 0 Å². The highest BCUT2D eigenvalue weighted by Gasteiger charge is 2.38. The molecule has 0 amide bonds. The molecule has 118 valence electrons. The minimum absolute atomic E-state index is 0.638. The smallest absolute Gasteiger partial charge is 0.0797 e. The summed E-state index contributed by atoms with van der Waals surface area (Å²) in [6.07, 6.45) is 8.46. The first-order chi connectivity index (χ1) is 11.3. The van der Waals surface area contributed by atoms with Crippen molar-refractivity contribution in [1.82, 2.24) is 0 Å². The molecule has 3 rings (SSSR count). The summed E-state index contributed by atoms with van der Waals surface area (Å²) in [5.41, 5.74) is 3.53. The molecule has 1 atom stereocenters. The predicted molar refractivity (Wildman–Crippen MR) is 104 cm³/mol. The first kappa shape index (κ1) is 16.0. The van der Waals surface area contributed by atoms with Crippen LogP contribution in [0.2, 0.25) is 17.6 Å². The van der Waals surface area contributed by atoms with Crippen molar-refractivity contribution in [2.75, 3.05) is 0 Å². The number of hydrogen-bond acceptors (Lipinski definition) is 0. The minimum Gasteiger partial charge on any atom is -0.0797 e. The Balaban J connectivity index is 1.87. The molecule has 0 N–H and O–H groups in total. The highest BCUT2D eigenvalue weighted by atomic mass is 28.3. The SMILES string of the molecule is CC[Si](CC)(c1ccccc1)C1C=CC(Cc2ccccc2)=C1. The van der Waals surface area contributed by atoms with Crippen LogP contribution in [-0.4, -0.2) is 8.07 Å². The maximum atomic E-state index is 2.55. The Labute approximate surface area is 141 Å². The van der Waals surface area contributed by atoms with Gasteiger partial charge in [-0.2, -0.15) is 0 Å². The van der Waals surface area contributed by atoms with E-state index in [0.29, 0.717) is 5.54 Å². The normalized spacial score (nSPS) is 17.3. The molecule has 1 aliphatic rings. The van der Waals surface area contributed by atoms with Crippen molar-refractivity contribution in [2.45, 2.75) is 37.9 Å². The summed E-state index contributed by atoms with van der Waals surface area (Å²) in [4.78, 5) is 0. The largest absolute Gasteiger partial charge is 0.0966 e. The fourth-order valence-corrected chi connectivity index (χ4v) is 8.45. The van der Waals surface area contributed by atoms with Gasteiger partial charge in [-0.1, -0.05) is 110 Å². The van der Waals surface area contributed by atoms with E-state index in [0.717, 1.165) is 6.42 Å². The van der Waals surface area contributed by atoms with Crippen molar-refractivity contribution >= 4 is 13.3 Å². The minimum atomic E-state index is -1.51. The van der Waals surface area contributed by atoms with Crippen molar-refractivity contribution in [1.29, 1.82) is 0 Å². The Hall–Kier alpha value is -1.86. The van der Waals surface area contributed by atoms with Gasteiger partial charge in [-0.05, 0) is 23.1 Å². The van der Waals surface area contributed by atoms with Crippen molar-refractivity contribution in [2.24, 2.45) is 0 Å². The second-order valence-corrected chi connectivity index (χ2v) is 11.5. The molecule has 2 aromatic rings. The molecule has 0 aromatic heterocycles. The Bertz CT molecular complexity index is 678. The van der Waals surface area contributed by atoms with Crippen LogP contribution in [-0.2, 0) is 6.42 Å². The number of benzene rings is 2. The summed E-state index contributed by atoms with van der Waals surface area (Å²) in [7, 11) is -1.51. The van der Waals surface area contributed by atoms with Crippen LogP contribution in [0.4, 0.5) is 0 Å². The lowest BCUT2D eigenvalue weighted by Crippen LogP contribution is -2.49. The molecular weight excluding hydrogens is 292 g/mol. The van der Waals surface area contributed by atoms with Gasteiger partial charge in [0.15, 0.2) is 0 Å². The molecule has 0 radical (unpaired) electrons. The second-order valence-electron chi connectivity index (χ2n) is 6.52. The Morgan fingerprint density at radius 2 is 1.43 bits per heavy atom. The zero-order valence-electron chi connectivity index (χ0n) is 14.2. The standard InChI is InChI=1S/C22H26Si/c1-3-23(4-2,21-13-9-6-10-14-21)22-16-15-20(18-22)17-19-11-7-5-8-12-19/h5-16,18,22H,3-4,17H2,1-2H3. The molecule has 0 bridgehead atoms. The van der Waals surface area contributed by atoms with Crippen molar-refractivity contribution in [3.63, 3.8) is 0 Å². The highest BCUT2D eigenvalue weighted by Crippen LogP contribution is 2.37. The number of allylic oxidation sites excluding steroid dienone is 4. The van der Waals surface area contributed by atoms with Gasteiger partial charge in [0.1, 0.15) is 0 Å². The topological polar surface area (TPSA) is 0 Å².